The molecular weight excluding hydrogens is 312 g/mol. The fourth-order valence-corrected chi connectivity index (χ4v) is 3.41. The molecule has 0 fully saturated rings. The van der Waals surface area contributed by atoms with Gasteiger partial charge in [0, 0.05) is 5.69 Å². The molecule has 0 unspecified atom stereocenters. The molecule has 1 aliphatic rings. The maximum Gasteiger partial charge on any atom is 0.189 e. The smallest absolute Gasteiger partial charge is 0.189 e. The Balaban J connectivity index is 1.81. The van der Waals surface area contributed by atoms with Crippen molar-refractivity contribution in [2.24, 2.45) is 5.73 Å². The zero-order valence-corrected chi connectivity index (χ0v) is 14.6. The molecule has 126 valence electrons. The molecule has 1 aromatic heterocycles. The number of hydrogen-bond acceptors (Lipinski definition) is 4. The summed E-state index contributed by atoms with van der Waals surface area (Å²) in [5.41, 5.74) is 12.9. The number of benzene rings is 2. The molecule has 0 bridgehead atoms. The molecule has 2 heterocycles. The summed E-state index contributed by atoms with van der Waals surface area (Å²) in [5.74, 6) is 0.966. The predicted octanol–water partition coefficient (Wildman–Crippen LogP) is 3.20. The Morgan fingerprint density at radius 3 is 2.48 bits per heavy atom. The number of aromatic amines is 1. The van der Waals surface area contributed by atoms with E-state index in [4.69, 9.17) is 5.73 Å². The molecule has 2 aromatic carbocycles. The molecule has 0 amide bonds. The minimum Gasteiger partial charge on any atom is -0.384 e. The van der Waals surface area contributed by atoms with Gasteiger partial charge in [-0.15, -0.1) is 0 Å². The van der Waals surface area contributed by atoms with Crippen molar-refractivity contribution in [3.63, 3.8) is 0 Å². The minimum atomic E-state index is -0.0209. The molecule has 1 aliphatic heterocycles. The van der Waals surface area contributed by atoms with Crippen LogP contribution in [0.4, 0.5) is 5.69 Å². The number of H-pyrrole nitrogens is 1. The number of aromatic nitrogens is 2. The van der Waals surface area contributed by atoms with Gasteiger partial charge in [-0.1, -0.05) is 12.1 Å². The largest absolute Gasteiger partial charge is 0.384 e. The molecule has 0 spiro atoms. The summed E-state index contributed by atoms with van der Waals surface area (Å²) in [7, 11) is 0. The maximum absolute atomic E-state index is 12.6. The zero-order chi connectivity index (χ0) is 17.7. The first-order chi connectivity index (χ1) is 11.9. The van der Waals surface area contributed by atoms with E-state index in [1.807, 2.05) is 56.0 Å². The lowest BCUT2D eigenvalue weighted by molar-refractivity contribution is -0.112. The van der Waals surface area contributed by atoms with Crippen molar-refractivity contribution in [2.45, 2.75) is 20.8 Å². The highest BCUT2D eigenvalue weighted by atomic mass is 16.1. The van der Waals surface area contributed by atoms with E-state index in [1.54, 1.807) is 0 Å². The Morgan fingerprint density at radius 2 is 1.76 bits per heavy atom. The molecule has 5 nitrogen and oxygen atoms in total. The lowest BCUT2D eigenvalue weighted by Gasteiger charge is -2.19. The number of nitrogens with two attached hydrogens (primary N) is 1. The molecule has 3 N–H and O–H groups in total. The van der Waals surface area contributed by atoms with E-state index < -0.39 is 0 Å². The number of hydrogen-bond donors (Lipinski definition) is 2. The number of imidazole rings is 1. The van der Waals surface area contributed by atoms with E-state index in [-0.39, 0.29) is 12.3 Å². The van der Waals surface area contributed by atoms with Crippen LogP contribution in [0.3, 0.4) is 0 Å². The van der Waals surface area contributed by atoms with Gasteiger partial charge < -0.3 is 15.6 Å². The number of carbonyl (C=O) groups is 1. The Labute approximate surface area is 146 Å². The highest BCUT2D eigenvalue weighted by Crippen LogP contribution is 2.31. The van der Waals surface area contributed by atoms with E-state index in [0.717, 1.165) is 33.4 Å². The molecular formula is C20H20N4O. The van der Waals surface area contributed by atoms with Gasteiger partial charge in [-0.2, -0.15) is 0 Å². The molecule has 25 heavy (non-hydrogen) atoms. The van der Waals surface area contributed by atoms with Crippen molar-refractivity contribution in [2.75, 3.05) is 11.4 Å². The summed E-state index contributed by atoms with van der Waals surface area (Å²) in [5, 5.41) is 0. The quantitative estimate of drug-likeness (QED) is 0.756. The van der Waals surface area contributed by atoms with Crippen LogP contribution in [0.1, 0.15) is 22.5 Å². The van der Waals surface area contributed by atoms with Crippen LogP contribution in [-0.2, 0) is 4.79 Å². The third-order valence-electron chi connectivity index (χ3n) is 4.52. The van der Waals surface area contributed by atoms with Gasteiger partial charge in [0.1, 0.15) is 17.2 Å². The number of anilines is 1. The Kier molecular flexibility index (Phi) is 3.39. The molecule has 0 saturated carbocycles. The van der Waals surface area contributed by atoms with Gasteiger partial charge in [-0.3, -0.25) is 4.79 Å². The van der Waals surface area contributed by atoms with Crippen molar-refractivity contribution in [3.05, 3.63) is 64.7 Å². The summed E-state index contributed by atoms with van der Waals surface area (Å²) in [6, 6.07) is 12.2. The highest BCUT2D eigenvalue weighted by Gasteiger charge is 2.32. The minimum absolute atomic E-state index is 0.0209. The second-order valence-electron chi connectivity index (χ2n) is 6.72. The number of fused-ring (bicyclic) bond motifs is 1. The summed E-state index contributed by atoms with van der Waals surface area (Å²) in [4.78, 5) is 22.3. The van der Waals surface area contributed by atoms with Crippen LogP contribution in [0.15, 0.2) is 42.2 Å². The van der Waals surface area contributed by atoms with Crippen LogP contribution in [0.2, 0.25) is 0 Å². The molecule has 5 heteroatoms. The Hall–Kier alpha value is -3.08. The third kappa shape index (κ3) is 2.58. The normalized spacial score (nSPS) is 14.8. The van der Waals surface area contributed by atoms with E-state index in [0.29, 0.717) is 17.2 Å². The Morgan fingerprint density at radius 1 is 1.04 bits per heavy atom. The van der Waals surface area contributed by atoms with Crippen molar-refractivity contribution in [1.82, 2.24) is 9.97 Å². The molecule has 3 aromatic rings. The van der Waals surface area contributed by atoms with Gasteiger partial charge >= 0.3 is 0 Å². The molecule has 0 aliphatic carbocycles. The van der Waals surface area contributed by atoms with Crippen LogP contribution >= 0.6 is 0 Å². The van der Waals surface area contributed by atoms with Crippen LogP contribution in [0.25, 0.3) is 16.6 Å². The van der Waals surface area contributed by atoms with Gasteiger partial charge in [0.15, 0.2) is 5.78 Å². The number of carbonyl (C=O) groups excluding carboxylic acids is 1. The van der Waals surface area contributed by atoms with Gasteiger partial charge in [0.2, 0.25) is 0 Å². The molecule has 0 radical (unpaired) electrons. The van der Waals surface area contributed by atoms with Gasteiger partial charge in [-0.05, 0) is 61.7 Å². The van der Waals surface area contributed by atoms with Gasteiger partial charge in [0.05, 0.1) is 17.6 Å². The highest BCUT2D eigenvalue weighted by molar-refractivity contribution is 6.26. The standard InChI is InChI=1S/C20H20N4O/c1-11-4-5-15-16(9-11)23-20(22-15)18-17(25)10-24(19(18)21)14-7-12(2)6-13(3)8-14/h4-9H,10,21H2,1-3H3,(H,22,23). The second kappa shape index (κ2) is 5.48. The van der Waals surface area contributed by atoms with Crippen molar-refractivity contribution >= 4 is 28.1 Å². The summed E-state index contributed by atoms with van der Waals surface area (Å²) in [6.45, 7) is 6.33. The van der Waals surface area contributed by atoms with Gasteiger partial charge in [-0.25, -0.2) is 4.98 Å². The number of aryl methyl sites for hydroxylation is 3. The Bertz CT molecular complexity index is 1020. The fraction of sp³-hybridized carbons (Fsp3) is 0.200. The number of Topliss-reactive ketones (excluding diaryl/α,β-unsaturated/α-hetero) is 1. The zero-order valence-electron chi connectivity index (χ0n) is 14.6. The first-order valence-electron chi connectivity index (χ1n) is 8.28. The summed E-state index contributed by atoms with van der Waals surface area (Å²) < 4.78 is 0. The van der Waals surface area contributed by atoms with Crippen LogP contribution in [-0.4, -0.2) is 22.3 Å². The van der Waals surface area contributed by atoms with Crippen molar-refractivity contribution < 1.29 is 4.79 Å². The van der Waals surface area contributed by atoms with E-state index in [2.05, 4.69) is 16.0 Å². The second-order valence-corrected chi connectivity index (χ2v) is 6.72. The number of rotatable bonds is 2. The van der Waals surface area contributed by atoms with E-state index in [9.17, 15) is 4.79 Å². The predicted molar refractivity (Wildman–Crippen MR) is 100 cm³/mol. The number of nitrogens with zero attached hydrogens (tertiary/aromatic N) is 2. The molecule has 0 atom stereocenters. The summed E-state index contributed by atoms with van der Waals surface area (Å²) in [6.07, 6.45) is 0. The SMILES string of the molecule is Cc1cc(C)cc(N2CC(=O)C(c3nc4cc(C)ccc4[nH]3)=C2N)c1. The molecule has 0 saturated heterocycles. The first-order valence-corrected chi connectivity index (χ1v) is 8.28. The third-order valence-corrected chi connectivity index (χ3v) is 4.52. The van der Waals surface area contributed by atoms with E-state index in [1.165, 1.54) is 0 Å². The topological polar surface area (TPSA) is 75.0 Å². The maximum atomic E-state index is 12.6. The van der Waals surface area contributed by atoms with Crippen molar-refractivity contribution in [1.29, 1.82) is 0 Å². The van der Waals surface area contributed by atoms with Crippen LogP contribution in [0.5, 0.6) is 0 Å². The fourth-order valence-electron chi connectivity index (χ4n) is 3.41. The number of ketones is 1. The van der Waals surface area contributed by atoms with Crippen LogP contribution in [0, 0.1) is 20.8 Å². The lowest BCUT2D eigenvalue weighted by Crippen LogP contribution is -2.25. The monoisotopic (exact) mass is 332 g/mol. The molecule has 4 rings (SSSR count). The van der Waals surface area contributed by atoms with Gasteiger partial charge in [0.25, 0.3) is 0 Å². The summed E-state index contributed by atoms with van der Waals surface area (Å²) >= 11 is 0. The van der Waals surface area contributed by atoms with Crippen LogP contribution < -0.4 is 10.6 Å². The van der Waals surface area contributed by atoms with Crippen molar-refractivity contribution in [3.8, 4) is 0 Å². The lowest BCUT2D eigenvalue weighted by atomic mass is 10.1. The average Bonchev–Trinajstić information content (AvgIpc) is 3.06. The average molecular weight is 332 g/mol. The number of nitrogens with one attached hydrogen (secondary N) is 1. The van der Waals surface area contributed by atoms with E-state index >= 15 is 0 Å². The first kappa shape index (κ1) is 15.4.